The van der Waals surface area contributed by atoms with E-state index in [1.54, 1.807) is 47.2 Å². The van der Waals surface area contributed by atoms with E-state index in [9.17, 15) is 9.90 Å². The molecule has 0 saturated heterocycles. The lowest BCUT2D eigenvalue weighted by molar-refractivity contribution is -0.130. The molecule has 1 aromatic heterocycles. The van der Waals surface area contributed by atoms with E-state index in [-0.39, 0.29) is 11.7 Å². The summed E-state index contributed by atoms with van der Waals surface area (Å²) in [6.45, 7) is 1.05. The number of benzene rings is 1. The van der Waals surface area contributed by atoms with E-state index in [4.69, 9.17) is 0 Å². The largest absolute Gasteiger partial charge is 0.508 e. The van der Waals surface area contributed by atoms with Gasteiger partial charge in [0.2, 0.25) is 5.91 Å². The van der Waals surface area contributed by atoms with Gasteiger partial charge in [0.25, 0.3) is 0 Å². The average Bonchev–Trinajstić information content (AvgIpc) is 2.91. The van der Waals surface area contributed by atoms with Crippen molar-refractivity contribution in [3.05, 3.63) is 42.5 Å². The van der Waals surface area contributed by atoms with Crippen LogP contribution in [0.5, 0.6) is 5.75 Å². The normalized spacial score (nSPS) is 10.4. The van der Waals surface area contributed by atoms with E-state index >= 15 is 0 Å². The summed E-state index contributed by atoms with van der Waals surface area (Å²) in [5, 5.41) is 13.1. The molecule has 19 heavy (non-hydrogen) atoms. The van der Waals surface area contributed by atoms with Crippen LogP contribution in [0.1, 0.15) is 12.0 Å². The van der Waals surface area contributed by atoms with Gasteiger partial charge in [-0.2, -0.15) is 5.10 Å². The molecule has 2 aromatic rings. The maximum atomic E-state index is 11.9. The van der Waals surface area contributed by atoms with Crippen molar-refractivity contribution in [2.75, 3.05) is 7.05 Å². The molecule has 0 fully saturated rings. The highest BCUT2D eigenvalue weighted by Crippen LogP contribution is 2.11. The Hall–Kier alpha value is -2.37. The average molecular weight is 260 g/mol. The van der Waals surface area contributed by atoms with Crippen molar-refractivity contribution in [3.8, 4) is 5.75 Å². The van der Waals surface area contributed by atoms with Gasteiger partial charge < -0.3 is 10.0 Å². The zero-order chi connectivity index (χ0) is 13.7. The topological polar surface area (TPSA) is 71.2 Å². The van der Waals surface area contributed by atoms with Crippen molar-refractivity contribution in [1.82, 2.24) is 19.7 Å². The second kappa shape index (κ2) is 5.99. The minimum Gasteiger partial charge on any atom is -0.508 e. The Morgan fingerprint density at radius 3 is 2.74 bits per heavy atom. The number of hydrogen-bond acceptors (Lipinski definition) is 4. The second-order valence-corrected chi connectivity index (χ2v) is 4.32. The van der Waals surface area contributed by atoms with Crippen LogP contribution in [0.15, 0.2) is 36.9 Å². The first-order chi connectivity index (χ1) is 9.15. The highest BCUT2D eigenvalue weighted by atomic mass is 16.3. The predicted octanol–water partition coefficient (Wildman–Crippen LogP) is 1.03. The summed E-state index contributed by atoms with van der Waals surface area (Å²) in [7, 11) is 1.76. The van der Waals surface area contributed by atoms with Crippen LogP contribution in [0, 0.1) is 0 Å². The van der Waals surface area contributed by atoms with Crippen LogP contribution in [0.2, 0.25) is 0 Å². The van der Waals surface area contributed by atoms with Gasteiger partial charge in [-0.05, 0) is 17.7 Å². The lowest BCUT2D eigenvalue weighted by Gasteiger charge is -2.17. The van der Waals surface area contributed by atoms with Crippen LogP contribution >= 0.6 is 0 Å². The Labute approximate surface area is 111 Å². The van der Waals surface area contributed by atoms with E-state index in [1.165, 1.54) is 6.33 Å². The van der Waals surface area contributed by atoms with Crippen molar-refractivity contribution in [2.24, 2.45) is 0 Å². The number of phenols is 1. The van der Waals surface area contributed by atoms with Crippen molar-refractivity contribution < 1.29 is 9.90 Å². The molecule has 1 N–H and O–H groups in total. The third-order valence-corrected chi connectivity index (χ3v) is 2.80. The van der Waals surface area contributed by atoms with Crippen LogP contribution in [-0.4, -0.2) is 37.7 Å². The molecule has 0 radical (unpaired) electrons. The summed E-state index contributed by atoms with van der Waals surface area (Å²) in [4.78, 5) is 17.4. The summed E-state index contributed by atoms with van der Waals surface area (Å²) >= 11 is 0. The molecule has 0 aliphatic rings. The molecular formula is C13H16N4O2. The second-order valence-electron chi connectivity index (χ2n) is 4.32. The van der Waals surface area contributed by atoms with Gasteiger partial charge in [0.05, 0.1) is 6.54 Å². The van der Waals surface area contributed by atoms with Gasteiger partial charge in [-0.1, -0.05) is 12.1 Å². The van der Waals surface area contributed by atoms with Gasteiger partial charge in [-0.3, -0.25) is 9.48 Å². The quantitative estimate of drug-likeness (QED) is 0.871. The van der Waals surface area contributed by atoms with Crippen molar-refractivity contribution in [1.29, 1.82) is 0 Å². The summed E-state index contributed by atoms with van der Waals surface area (Å²) in [6.07, 6.45) is 3.43. The summed E-state index contributed by atoms with van der Waals surface area (Å²) in [6, 6.07) is 6.83. The van der Waals surface area contributed by atoms with Crippen LogP contribution < -0.4 is 0 Å². The van der Waals surface area contributed by atoms with E-state index in [0.717, 1.165) is 5.56 Å². The molecule has 0 atom stereocenters. The Morgan fingerprint density at radius 1 is 1.37 bits per heavy atom. The van der Waals surface area contributed by atoms with Crippen molar-refractivity contribution >= 4 is 5.91 Å². The Morgan fingerprint density at radius 2 is 2.11 bits per heavy atom. The SMILES string of the molecule is CN(Cc1ccc(O)cc1)C(=O)CCn1cncn1. The highest BCUT2D eigenvalue weighted by Gasteiger charge is 2.09. The van der Waals surface area contributed by atoms with Crippen LogP contribution in [-0.2, 0) is 17.9 Å². The number of aryl methyl sites for hydroxylation is 1. The molecule has 1 amide bonds. The lowest BCUT2D eigenvalue weighted by Crippen LogP contribution is -2.27. The number of rotatable bonds is 5. The number of aromatic hydroxyl groups is 1. The maximum absolute atomic E-state index is 11.9. The fourth-order valence-corrected chi connectivity index (χ4v) is 1.71. The van der Waals surface area contributed by atoms with E-state index in [1.807, 2.05) is 0 Å². The molecule has 0 aliphatic carbocycles. The molecule has 2 rings (SSSR count). The monoisotopic (exact) mass is 260 g/mol. The molecule has 1 heterocycles. The molecule has 0 unspecified atom stereocenters. The zero-order valence-electron chi connectivity index (χ0n) is 10.7. The number of nitrogens with zero attached hydrogens (tertiary/aromatic N) is 4. The number of carbonyl (C=O) groups excluding carboxylic acids is 1. The zero-order valence-corrected chi connectivity index (χ0v) is 10.7. The predicted molar refractivity (Wildman–Crippen MR) is 69.2 cm³/mol. The molecule has 0 saturated carbocycles. The Balaban J connectivity index is 1.83. The molecule has 100 valence electrons. The van der Waals surface area contributed by atoms with E-state index in [0.29, 0.717) is 19.5 Å². The third-order valence-electron chi connectivity index (χ3n) is 2.80. The number of aromatic nitrogens is 3. The minimum atomic E-state index is 0.0450. The molecule has 0 spiro atoms. The lowest BCUT2D eigenvalue weighted by atomic mass is 10.2. The fourth-order valence-electron chi connectivity index (χ4n) is 1.71. The van der Waals surface area contributed by atoms with Gasteiger partial charge in [0.15, 0.2) is 0 Å². The number of carbonyl (C=O) groups is 1. The fraction of sp³-hybridized carbons (Fsp3) is 0.308. The highest BCUT2D eigenvalue weighted by molar-refractivity contribution is 5.75. The molecule has 6 nitrogen and oxygen atoms in total. The first-order valence-electron chi connectivity index (χ1n) is 5.99. The first-order valence-corrected chi connectivity index (χ1v) is 5.99. The van der Waals surface area contributed by atoms with Crippen LogP contribution in [0.25, 0.3) is 0 Å². The Kier molecular flexibility index (Phi) is 4.12. The van der Waals surface area contributed by atoms with Gasteiger partial charge in [-0.25, -0.2) is 4.98 Å². The van der Waals surface area contributed by atoms with Gasteiger partial charge in [-0.15, -0.1) is 0 Å². The van der Waals surface area contributed by atoms with Crippen molar-refractivity contribution in [3.63, 3.8) is 0 Å². The molecule has 6 heteroatoms. The summed E-state index contributed by atoms with van der Waals surface area (Å²) < 4.78 is 1.63. The Bertz CT molecular complexity index is 522. The minimum absolute atomic E-state index is 0.0450. The standard InChI is InChI=1S/C13H16N4O2/c1-16(8-11-2-4-12(18)5-3-11)13(19)6-7-17-10-14-9-15-17/h2-5,9-10,18H,6-8H2,1H3. The van der Waals surface area contributed by atoms with Crippen LogP contribution in [0.4, 0.5) is 0 Å². The number of phenolic OH excluding ortho intramolecular Hbond substituents is 1. The maximum Gasteiger partial charge on any atom is 0.224 e. The van der Waals surface area contributed by atoms with Gasteiger partial charge in [0.1, 0.15) is 18.4 Å². The van der Waals surface area contributed by atoms with Gasteiger partial charge in [0, 0.05) is 20.0 Å². The third kappa shape index (κ3) is 3.80. The van der Waals surface area contributed by atoms with Crippen molar-refractivity contribution in [2.45, 2.75) is 19.5 Å². The van der Waals surface area contributed by atoms with E-state index in [2.05, 4.69) is 10.1 Å². The number of amides is 1. The van der Waals surface area contributed by atoms with Gasteiger partial charge >= 0.3 is 0 Å². The summed E-state index contributed by atoms with van der Waals surface area (Å²) in [5.74, 6) is 0.271. The smallest absolute Gasteiger partial charge is 0.224 e. The first kappa shape index (κ1) is 13.1. The summed E-state index contributed by atoms with van der Waals surface area (Å²) in [5.41, 5.74) is 0.981. The molecule has 0 bridgehead atoms. The molecule has 1 aromatic carbocycles. The molecular weight excluding hydrogens is 244 g/mol. The molecule has 0 aliphatic heterocycles. The number of hydrogen-bond donors (Lipinski definition) is 1. The van der Waals surface area contributed by atoms with E-state index < -0.39 is 0 Å². The van der Waals surface area contributed by atoms with Crippen LogP contribution in [0.3, 0.4) is 0 Å².